The lowest BCUT2D eigenvalue weighted by molar-refractivity contribution is -0.122. The zero-order valence-corrected chi connectivity index (χ0v) is 13.6. The molecule has 3 amide bonds. The van der Waals surface area contributed by atoms with Gasteiger partial charge in [-0.2, -0.15) is 0 Å². The molecule has 0 spiro atoms. The van der Waals surface area contributed by atoms with Crippen molar-refractivity contribution in [1.29, 1.82) is 0 Å². The third-order valence-electron chi connectivity index (χ3n) is 3.63. The molecule has 0 aromatic heterocycles. The molecule has 1 aromatic rings. The average Bonchev–Trinajstić information content (AvgIpc) is 2.54. The van der Waals surface area contributed by atoms with E-state index in [2.05, 4.69) is 22.5 Å². The molecular formula is C16H21ClN4O2. The van der Waals surface area contributed by atoms with E-state index in [-0.39, 0.29) is 18.5 Å². The van der Waals surface area contributed by atoms with E-state index in [1.807, 2.05) is 29.2 Å². The Kier molecular flexibility index (Phi) is 6.58. The largest absolute Gasteiger partial charge is 0.334 e. The zero-order valence-electron chi connectivity index (χ0n) is 12.8. The van der Waals surface area contributed by atoms with E-state index in [0.29, 0.717) is 24.7 Å². The second-order valence-corrected chi connectivity index (χ2v) is 5.67. The van der Waals surface area contributed by atoms with Crippen molar-refractivity contribution in [2.24, 2.45) is 0 Å². The summed E-state index contributed by atoms with van der Waals surface area (Å²) in [6, 6.07) is 7.09. The van der Waals surface area contributed by atoms with Crippen molar-refractivity contribution in [1.82, 2.24) is 20.9 Å². The van der Waals surface area contributed by atoms with E-state index in [9.17, 15) is 9.59 Å². The highest BCUT2D eigenvalue weighted by Crippen LogP contribution is 2.28. The normalized spacial score (nSPS) is 18.2. The number of urea groups is 1. The summed E-state index contributed by atoms with van der Waals surface area (Å²) < 4.78 is 0. The van der Waals surface area contributed by atoms with Crippen molar-refractivity contribution >= 4 is 23.5 Å². The number of benzene rings is 1. The second kappa shape index (κ2) is 8.67. The van der Waals surface area contributed by atoms with Gasteiger partial charge in [0, 0.05) is 37.2 Å². The van der Waals surface area contributed by atoms with Gasteiger partial charge in [-0.15, -0.1) is 6.58 Å². The first kappa shape index (κ1) is 17.5. The van der Waals surface area contributed by atoms with Crippen LogP contribution in [0.2, 0.25) is 5.02 Å². The zero-order chi connectivity index (χ0) is 16.7. The molecule has 1 aromatic carbocycles. The highest BCUT2D eigenvalue weighted by atomic mass is 35.5. The molecular weight excluding hydrogens is 316 g/mol. The van der Waals surface area contributed by atoms with Crippen LogP contribution in [-0.2, 0) is 4.79 Å². The van der Waals surface area contributed by atoms with Crippen LogP contribution in [0.5, 0.6) is 0 Å². The molecule has 1 saturated heterocycles. The minimum atomic E-state index is -0.515. The van der Waals surface area contributed by atoms with Crippen LogP contribution in [0.25, 0.3) is 0 Å². The Morgan fingerprint density at radius 2 is 2.22 bits per heavy atom. The Bertz CT molecular complexity index is 579. The lowest BCUT2D eigenvalue weighted by Crippen LogP contribution is -2.51. The van der Waals surface area contributed by atoms with Gasteiger partial charge >= 0.3 is 6.03 Å². The Morgan fingerprint density at radius 3 is 2.96 bits per heavy atom. The lowest BCUT2D eigenvalue weighted by atomic mass is 10.0. The summed E-state index contributed by atoms with van der Waals surface area (Å²) in [4.78, 5) is 25.6. The van der Waals surface area contributed by atoms with E-state index in [1.165, 1.54) is 0 Å². The van der Waals surface area contributed by atoms with Crippen molar-refractivity contribution in [3.63, 3.8) is 0 Å². The Hall–Kier alpha value is -1.89. The predicted octanol–water partition coefficient (Wildman–Crippen LogP) is 1.30. The molecule has 2 rings (SSSR count). The van der Waals surface area contributed by atoms with Crippen molar-refractivity contribution in [3.05, 3.63) is 47.5 Å². The molecule has 1 aliphatic heterocycles. The number of carbonyl (C=O) groups excluding carboxylic acids is 2. The van der Waals surface area contributed by atoms with Gasteiger partial charge in [-0.05, 0) is 11.6 Å². The van der Waals surface area contributed by atoms with Gasteiger partial charge in [0.15, 0.2) is 0 Å². The third-order valence-corrected chi connectivity index (χ3v) is 3.97. The van der Waals surface area contributed by atoms with Crippen LogP contribution in [0.15, 0.2) is 36.9 Å². The van der Waals surface area contributed by atoms with Crippen LogP contribution in [0.1, 0.15) is 11.6 Å². The highest BCUT2D eigenvalue weighted by molar-refractivity contribution is 6.31. The summed E-state index contributed by atoms with van der Waals surface area (Å²) >= 11 is 6.27. The molecule has 124 valence electrons. The van der Waals surface area contributed by atoms with Crippen LogP contribution in [-0.4, -0.2) is 49.6 Å². The van der Waals surface area contributed by atoms with E-state index in [4.69, 9.17) is 11.6 Å². The number of hydrogen-bond donors (Lipinski definition) is 3. The number of amides is 3. The number of nitrogens with one attached hydrogen (secondary N) is 3. The molecule has 1 atom stereocenters. The SMILES string of the molecule is C=CCNC(=O)NC(=O)CN1CCNCC1c1ccccc1Cl. The number of halogens is 1. The summed E-state index contributed by atoms with van der Waals surface area (Å²) in [5, 5.41) is 8.81. The third kappa shape index (κ3) is 5.06. The fourth-order valence-electron chi connectivity index (χ4n) is 2.55. The van der Waals surface area contributed by atoms with Gasteiger partial charge in [-0.25, -0.2) is 4.79 Å². The van der Waals surface area contributed by atoms with Gasteiger partial charge in [-0.1, -0.05) is 35.9 Å². The molecule has 3 N–H and O–H groups in total. The topological polar surface area (TPSA) is 73.5 Å². The van der Waals surface area contributed by atoms with E-state index < -0.39 is 6.03 Å². The number of carbonyl (C=O) groups is 2. The monoisotopic (exact) mass is 336 g/mol. The number of nitrogens with zero attached hydrogens (tertiary/aromatic N) is 1. The van der Waals surface area contributed by atoms with Gasteiger partial charge in [0.25, 0.3) is 0 Å². The molecule has 0 saturated carbocycles. The van der Waals surface area contributed by atoms with Crippen LogP contribution < -0.4 is 16.0 Å². The van der Waals surface area contributed by atoms with Gasteiger partial charge in [-0.3, -0.25) is 15.0 Å². The number of piperazine rings is 1. The maximum Gasteiger partial charge on any atom is 0.321 e. The molecule has 1 aliphatic rings. The summed E-state index contributed by atoms with van der Waals surface area (Å²) in [5.41, 5.74) is 0.977. The maximum atomic E-state index is 12.1. The minimum absolute atomic E-state index is 0.000522. The van der Waals surface area contributed by atoms with Crippen molar-refractivity contribution < 1.29 is 9.59 Å². The minimum Gasteiger partial charge on any atom is -0.334 e. The first-order valence-corrected chi connectivity index (χ1v) is 7.87. The summed E-state index contributed by atoms with van der Waals surface area (Å²) in [6.45, 7) is 6.16. The second-order valence-electron chi connectivity index (χ2n) is 5.26. The van der Waals surface area contributed by atoms with Crippen molar-refractivity contribution in [2.75, 3.05) is 32.7 Å². The van der Waals surface area contributed by atoms with Gasteiger partial charge in [0.1, 0.15) is 0 Å². The van der Waals surface area contributed by atoms with E-state index >= 15 is 0 Å². The number of hydrogen-bond acceptors (Lipinski definition) is 4. The van der Waals surface area contributed by atoms with Crippen molar-refractivity contribution in [2.45, 2.75) is 6.04 Å². The molecule has 0 bridgehead atoms. The smallest absolute Gasteiger partial charge is 0.321 e. The van der Waals surface area contributed by atoms with Gasteiger partial charge in [0.05, 0.1) is 6.54 Å². The molecule has 1 unspecified atom stereocenters. The number of imide groups is 1. The fourth-order valence-corrected chi connectivity index (χ4v) is 2.81. The summed E-state index contributed by atoms with van der Waals surface area (Å²) in [5.74, 6) is -0.342. The maximum absolute atomic E-state index is 12.1. The molecule has 1 fully saturated rings. The molecule has 23 heavy (non-hydrogen) atoms. The van der Waals surface area contributed by atoms with Gasteiger partial charge < -0.3 is 10.6 Å². The molecule has 0 radical (unpaired) electrons. The Morgan fingerprint density at radius 1 is 1.43 bits per heavy atom. The predicted molar refractivity (Wildman–Crippen MR) is 90.4 cm³/mol. The van der Waals surface area contributed by atoms with E-state index in [1.54, 1.807) is 6.08 Å². The molecule has 6 nitrogen and oxygen atoms in total. The molecule has 7 heteroatoms. The average molecular weight is 337 g/mol. The standard InChI is InChI=1S/C16H21ClN4O2/c1-2-7-19-16(23)20-15(22)11-21-9-8-18-10-14(21)12-5-3-4-6-13(12)17/h2-6,14,18H,1,7-11H2,(H2,19,20,22,23). The summed E-state index contributed by atoms with van der Waals surface area (Å²) in [7, 11) is 0. The van der Waals surface area contributed by atoms with Crippen LogP contribution in [0.4, 0.5) is 4.79 Å². The first-order chi connectivity index (χ1) is 11.1. The van der Waals surface area contributed by atoms with E-state index in [0.717, 1.165) is 12.1 Å². The van der Waals surface area contributed by atoms with Crippen LogP contribution >= 0.6 is 11.6 Å². The Labute approximate surface area is 140 Å². The number of rotatable bonds is 5. The Balaban J connectivity index is 1.99. The van der Waals surface area contributed by atoms with Gasteiger partial charge in [0.2, 0.25) is 5.91 Å². The molecule has 0 aliphatic carbocycles. The van der Waals surface area contributed by atoms with Crippen LogP contribution in [0, 0.1) is 0 Å². The fraction of sp³-hybridized carbons (Fsp3) is 0.375. The lowest BCUT2D eigenvalue weighted by Gasteiger charge is -2.36. The summed E-state index contributed by atoms with van der Waals surface area (Å²) in [6.07, 6.45) is 1.55. The van der Waals surface area contributed by atoms with Crippen molar-refractivity contribution in [3.8, 4) is 0 Å². The van der Waals surface area contributed by atoms with Crippen LogP contribution in [0.3, 0.4) is 0 Å². The quantitative estimate of drug-likeness (QED) is 0.709. The molecule has 1 heterocycles. The highest BCUT2D eigenvalue weighted by Gasteiger charge is 2.27. The first-order valence-electron chi connectivity index (χ1n) is 7.49.